The number of aromatic amines is 1. The first-order valence-electron chi connectivity index (χ1n) is 3.85. The molecule has 0 saturated carbocycles. The Bertz CT molecular complexity index is 366. The summed E-state index contributed by atoms with van der Waals surface area (Å²) in [6.07, 6.45) is 3.34. The van der Waals surface area contributed by atoms with Crippen LogP contribution >= 0.6 is 11.6 Å². The molecule has 0 bridgehead atoms. The van der Waals surface area contributed by atoms with Gasteiger partial charge in [-0.2, -0.15) is 0 Å². The molecular weight excluding hydrogens is 186 g/mol. The van der Waals surface area contributed by atoms with Gasteiger partial charge in [0.2, 0.25) is 0 Å². The molecule has 2 aromatic rings. The minimum Gasteiger partial charge on any atom is -0.340 e. The van der Waals surface area contributed by atoms with Crippen LogP contribution in [0.3, 0.4) is 0 Å². The van der Waals surface area contributed by atoms with Crippen molar-refractivity contribution >= 4 is 23.1 Å². The van der Waals surface area contributed by atoms with Gasteiger partial charge < -0.3 is 10.3 Å². The molecule has 4 heteroatoms. The smallest absolute Gasteiger partial charge is 0.127 e. The third-order valence-electron chi connectivity index (χ3n) is 1.62. The molecule has 0 atom stereocenters. The summed E-state index contributed by atoms with van der Waals surface area (Å²) in [7, 11) is 0. The Balaban J connectivity index is 2.15. The molecule has 0 aliphatic rings. The van der Waals surface area contributed by atoms with Crippen LogP contribution in [0.4, 0.5) is 11.5 Å². The molecule has 0 aliphatic carbocycles. The van der Waals surface area contributed by atoms with Crippen molar-refractivity contribution in [2.75, 3.05) is 5.32 Å². The van der Waals surface area contributed by atoms with Crippen LogP contribution in [0.25, 0.3) is 0 Å². The number of nitrogens with zero attached hydrogens (tertiary/aromatic N) is 1. The summed E-state index contributed by atoms with van der Waals surface area (Å²) in [6, 6.07) is 7.48. The highest BCUT2D eigenvalue weighted by Gasteiger charge is 1.94. The van der Waals surface area contributed by atoms with Crippen LogP contribution in [0.2, 0.25) is 5.02 Å². The van der Waals surface area contributed by atoms with E-state index in [9.17, 15) is 0 Å². The zero-order valence-corrected chi connectivity index (χ0v) is 7.55. The fourth-order valence-corrected chi connectivity index (χ4v) is 1.14. The molecule has 1 heterocycles. The number of benzene rings is 1. The van der Waals surface area contributed by atoms with Crippen LogP contribution in [0.5, 0.6) is 0 Å². The number of halogens is 1. The number of anilines is 2. The standard InChI is InChI=1S/C9H8ClN3/c10-7-1-3-8(4-2-7)13-9-5-11-6-12-9/h1-6,13H,(H,11,12). The Hall–Kier alpha value is -1.48. The van der Waals surface area contributed by atoms with Crippen molar-refractivity contribution in [3.63, 3.8) is 0 Å². The zero-order chi connectivity index (χ0) is 9.10. The fraction of sp³-hybridized carbons (Fsp3) is 0. The summed E-state index contributed by atoms with van der Waals surface area (Å²) in [6.45, 7) is 0. The molecule has 3 nitrogen and oxygen atoms in total. The highest BCUT2D eigenvalue weighted by Crippen LogP contribution is 2.16. The molecule has 0 radical (unpaired) electrons. The van der Waals surface area contributed by atoms with Crippen molar-refractivity contribution < 1.29 is 0 Å². The van der Waals surface area contributed by atoms with Gasteiger partial charge in [0.05, 0.1) is 12.5 Å². The molecule has 0 amide bonds. The molecular formula is C9H8ClN3. The van der Waals surface area contributed by atoms with Gasteiger partial charge in [-0.05, 0) is 24.3 Å². The molecule has 1 aromatic heterocycles. The Labute approximate surface area is 80.8 Å². The Morgan fingerprint density at radius 3 is 2.62 bits per heavy atom. The molecule has 0 aliphatic heterocycles. The van der Waals surface area contributed by atoms with Gasteiger partial charge in [0.25, 0.3) is 0 Å². The van der Waals surface area contributed by atoms with E-state index in [0.29, 0.717) is 0 Å². The van der Waals surface area contributed by atoms with Gasteiger partial charge in [-0.1, -0.05) is 11.6 Å². The summed E-state index contributed by atoms with van der Waals surface area (Å²) in [4.78, 5) is 6.84. The second-order valence-electron chi connectivity index (χ2n) is 2.60. The van der Waals surface area contributed by atoms with E-state index in [1.807, 2.05) is 24.3 Å². The number of H-pyrrole nitrogens is 1. The van der Waals surface area contributed by atoms with Crippen molar-refractivity contribution in [1.29, 1.82) is 0 Å². The van der Waals surface area contributed by atoms with Crippen LogP contribution in [-0.4, -0.2) is 9.97 Å². The van der Waals surface area contributed by atoms with Crippen molar-refractivity contribution in [2.45, 2.75) is 0 Å². The number of hydrogen-bond donors (Lipinski definition) is 2. The maximum atomic E-state index is 5.75. The maximum Gasteiger partial charge on any atom is 0.127 e. The summed E-state index contributed by atoms with van der Waals surface area (Å²) < 4.78 is 0. The van der Waals surface area contributed by atoms with Crippen molar-refractivity contribution in [1.82, 2.24) is 9.97 Å². The molecule has 2 N–H and O–H groups in total. The van der Waals surface area contributed by atoms with Crippen LogP contribution in [0.1, 0.15) is 0 Å². The average molecular weight is 194 g/mol. The van der Waals surface area contributed by atoms with E-state index >= 15 is 0 Å². The minimum atomic E-state index is 0.732. The van der Waals surface area contributed by atoms with Crippen molar-refractivity contribution in [3.05, 3.63) is 41.8 Å². The molecule has 0 saturated heterocycles. The van der Waals surface area contributed by atoms with E-state index in [1.165, 1.54) is 0 Å². The SMILES string of the molecule is Clc1ccc(Nc2cnc[nH]2)cc1. The minimum absolute atomic E-state index is 0.732. The number of imidazole rings is 1. The third-order valence-corrected chi connectivity index (χ3v) is 1.87. The van der Waals surface area contributed by atoms with E-state index in [0.717, 1.165) is 16.5 Å². The molecule has 66 valence electrons. The predicted octanol–water partition coefficient (Wildman–Crippen LogP) is 2.81. The molecule has 0 fully saturated rings. The number of nitrogens with one attached hydrogen (secondary N) is 2. The van der Waals surface area contributed by atoms with E-state index in [1.54, 1.807) is 12.5 Å². The van der Waals surface area contributed by atoms with E-state index < -0.39 is 0 Å². The van der Waals surface area contributed by atoms with Gasteiger partial charge in [-0.3, -0.25) is 0 Å². The largest absolute Gasteiger partial charge is 0.340 e. The van der Waals surface area contributed by atoms with Gasteiger partial charge in [0.1, 0.15) is 5.82 Å². The maximum absolute atomic E-state index is 5.75. The highest BCUT2D eigenvalue weighted by molar-refractivity contribution is 6.30. The number of hydrogen-bond acceptors (Lipinski definition) is 2. The van der Waals surface area contributed by atoms with Crippen LogP contribution in [0.15, 0.2) is 36.8 Å². The monoisotopic (exact) mass is 193 g/mol. The fourth-order valence-electron chi connectivity index (χ4n) is 1.01. The molecule has 13 heavy (non-hydrogen) atoms. The van der Waals surface area contributed by atoms with Crippen LogP contribution < -0.4 is 5.32 Å². The first-order valence-corrected chi connectivity index (χ1v) is 4.23. The quantitative estimate of drug-likeness (QED) is 0.770. The second-order valence-corrected chi connectivity index (χ2v) is 3.03. The van der Waals surface area contributed by atoms with Gasteiger partial charge in [0, 0.05) is 10.7 Å². The molecule has 0 unspecified atom stereocenters. The summed E-state index contributed by atoms with van der Waals surface area (Å²) in [5.41, 5.74) is 0.980. The van der Waals surface area contributed by atoms with E-state index in [-0.39, 0.29) is 0 Å². The van der Waals surface area contributed by atoms with Crippen LogP contribution in [0, 0.1) is 0 Å². The lowest BCUT2D eigenvalue weighted by molar-refractivity contribution is 1.31. The van der Waals surface area contributed by atoms with E-state index in [2.05, 4.69) is 15.3 Å². The molecule has 2 rings (SSSR count). The van der Waals surface area contributed by atoms with Gasteiger partial charge in [-0.15, -0.1) is 0 Å². The van der Waals surface area contributed by atoms with Crippen molar-refractivity contribution in [3.8, 4) is 0 Å². The van der Waals surface area contributed by atoms with Gasteiger partial charge in [-0.25, -0.2) is 4.98 Å². The lowest BCUT2D eigenvalue weighted by atomic mass is 10.3. The predicted molar refractivity (Wildman–Crippen MR) is 53.3 cm³/mol. The zero-order valence-electron chi connectivity index (χ0n) is 6.79. The Morgan fingerprint density at radius 1 is 1.23 bits per heavy atom. The summed E-state index contributed by atoms with van der Waals surface area (Å²) in [5, 5.41) is 3.87. The molecule has 0 spiro atoms. The third kappa shape index (κ3) is 2.00. The second kappa shape index (κ2) is 3.49. The summed E-state index contributed by atoms with van der Waals surface area (Å²) in [5.74, 6) is 0.863. The number of rotatable bonds is 2. The first kappa shape index (κ1) is 8.13. The average Bonchev–Trinajstić information content (AvgIpc) is 2.62. The van der Waals surface area contributed by atoms with Gasteiger partial charge in [0.15, 0.2) is 0 Å². The molecule has 1 aromatic carbocycles. The topological polar surface area (TPSA) is 40.7 Å². The van der Waals surface area contributed by atoms with Crippen molar-refractivity contribution in [2.24, 2.45) is 0 Å². The lowest BCUT2D eigenvalue weighted by Gasteiger charge is -2.02. The lowest BCUT2D eigenvalue weighted by Crippen LogP contribution is -1.88. The van der Waals surface area contributed by atoms with Gasteiger partial charge >= 0.3 is 0 Å². The summed E-state index contributed by atoms with van der Waals surface area (Å²) >= 11 is 5.75. The number of aromatic nitrogens is 2. The van der Waals surface area contributed by atoms with Crippen LogP contribution in [-0.2, 0) is 0 Å². The Kier molecular flexibility index (Phi) is 2.19. The van der Waals surface area contributed by atoms with E-state index in [4.69, 9.17) is 11.6 Å². The Morgan fingerprint density at radius 2 is 2.00 bits per heavy atom. The normalized spacial score (nSPS) is 9.92. The highest BCUT2D eigenvalue weighted by atomic mass is 35.5. The first-order chi connectivity index (χ1) is 6.34.